The number of hydrogen-bond acceptors (Lipinski definition) is 4. The van der Waals surface area contributed by atoms with Gasteiger partial charge in [-0.1, -0.05) is 20.8 Å². The molecule has 2 N–H and O–H groups in total. The Morgan fingerprint density at radius 1 is 1.24 bits per heavy atom. The van der Waals surface area contributed by atoms with Gasteiger partial charge in [-0.05, 0) is 12.8 Å². The number of rotatable bonds is 1. The Balaban J connectivity index is 2.31. The minimum Gasteiger partial charge on any atom is -0.390 e. The molecule has 1 saturated heterocycles. The van der Waals surface area contributed by atoms with Crippen LogP contribution in [-0.2, 0) is 9.47 Å². The molecule has 0 aromatic heterocycles. The lowest BCUT2D eigenvalue weighted by molar-refractivity contribution is -0.282. The molecule has 2 fully saturated rings. The van der Waals surface area contributed by atoms with E-state index in [1.807, 2.05) is 20.8 Å². The van der Waals surface area contributed by atoms with Gasteiger partial charge in [-0.3, -0.25) is 0 Å². The van der Waals surface area contributed by atoms with Crippen molar-refractivity contribution in [2.75, 3.05) is 13.2 Å². The summed E-state index contributed by atoms with van der Waals surface area (Å²) in [5.74, 6) is -0.617. The zero-order chi connectivity index (χ0) is 12.9. The third-order valence-electron chi connectivity index (χ3n) is 4.61. The maximum atomic E-state index is 10.8. The molecular weight excluding hydrogens is 220 g/mol. The molecule has 4 nitrogen and oxygen atoms in total. The molecule has 1 spiro atoms. The molecule has 0 aromatic rings. The van der Waals surface area contributed by atoms with Gasteiger partial charge >= 0.3 is 0 Å². The molecule has 0 radical (unpaired) electrons. The van der Waals surface area contributed by atoms with Crippen molar-refractivity contribution in [3.63, 3.8) is 0 Å². The van der Waals surface area contributed by atoms with Gasteiger partial charge in [0.05, 0.1) is 24.9 Å². The molecule has 1 heterocycles. The van der Waals surface area contributed by atoms with Gasteiger partial charge < -0.3 is 19.7 Å². The van der Waals surface area contributed by atoms with E-state index in [2.05, 4.69) is 0 Å². The van der Waals surface area contributed by atoms with Crippen LogP contribution in [0.5, 0.6) is 0 Å². The second kappa shape index (κ2) is 3.92. The standard InChI is InChI=1S/C13H24O4/c1-9-7-12(16-5-6-17-12)8-11(3,4)13(9,15)10(2)14/h9-10,14-15H,5-8H2,1-4H3. The minimum absolute atomic E-state index is 0.0654. The van der Waals surface area contributed by atoms with Crippen LogP contribution in [-0.4, -0.2) is 40.9 Å². The topological polar surface area (TPSA) is 58.9 Å². The van der Waals surface area contributed by atoms with E-state index in [-0.39, 0.29) is 5.92 Å². The first-order valence-corrected chi connectivity index (χ1v) is 6.42. The first kappa shape index (κ1) is 13.3. The van der Waals surface area contributed by atoms with Crippen molar-refractivity contribution >= 4 is 0 Å². The van der Waals surface area contributed by atoms with E-state index in [0.717, 1.165) is 0 Å². The van der Waals surface area contributed by atoms with E-state index in [1.54, 1.807) is 6.92 Å². The van der Waals surface area contributed by atoms with Crippen LogP contribution in [0.1, 0.15) is 40.5 Å². The van der Waals surface area contributed by atoms with Crippen molar-refractivity contribution < 1.29 is 19.7 Å². The first-order chi connectivity index (χ1) is 7.74. The third kappa shape index (κ3) is 1.82. The Kier molecular flexibility index (Phi) is 3.06. The van der Waals surface area contributed by atoms with E-state index in [1.165, 1.54) is 0 Å². The normalized spacial score (nSPS) is 41.6. The van der Waals surface area contributed by atoms with Gasteiger partial charge in [0.25, 0.3) is 0 Å². The highest BCUT2D eigenvalue weighted by Gasteiger charge is 2.61. The van der Waals surface area contributed by atoms with E-state index < -0.39 is 22.9 Å². The van der Waals surface area contributed by atoms with Crippen LogP contribution < -0.4 is 0 Å². The summed E-state index contributed by atoms with van der Waals surface area (Å²) >= 11 is 0. The van der Waals surface area contributed by atoms with E-state index >= 15 is 0 Å². The predicted octanol–water partition coefficient (Wildman–Crippen LogP) is 1.30. The average molecular weight is 244 g/mol. The number of aliphatic hydroxyl groups is 2. The molecule has 100 valence electrons. The van der Waals surface area contributed by atoms with Crippen LogP contribution in [0.15, 0.2) is 0 Å². The second-order valence-electron chi connectivity index (χ2n) is 6.27. The molecule has 0 aromatic carbocycles. The number of hydrogen-bond donors (Lipinski definition) is 2. The quantitative estimate of drug-likeness (QED) is 0.730. The second-order valence-corrected chi connectivity index (χ2v) is 6.27. The molecule has 1 aliphatic carbocycles. The number of aliphatic hydroxyl groups excluding tert-OH is 1. The predicted molar refractivity (Wildman–Crippen MR) is 63.4 cm³/mol. The van der Waals surface area contributed by atoms with Gasteiger partial charge in [0.15, 0.2) is 5.79 Å². The highest BCUT2D eigenvalue weighted by molar-refractivity contribution is 5.08. The minimum atomic E-state index is -1.09. The van der Waals surface area contributed by atoms with Gasteiger partial charge in [0.1, 0.15) is 0 Å². The Morgan fingerprint density at radius 2 is 1.76 bits per heavy atom. The van der Waals surface area contributed by atoms with E-state index in [4.69, 9.17) is 9.47 Å². The van der Waals surface area contributed by atoms with Crippen molar-refractivity contribution in [1.29, 1.82) is 0 Å². The Morgan fingerprint density at radius 3 is 2.18 bits per heavy atom. The average Bonchev–Trinajstić information content (AvgIpc) is 2.61. The molecule has 2 rings (SSSR count). The fourth-order valence-corrected chi connectivity index (χ4v) is 3.87. The summed E-state index contributed by atoms with van der Waals surface area (Å²) in [6.07, 6.45) is 0.495. The summed E-state index contributed by atoms with van der Waals surface area (Å²) in [6, 6.07) is 0. The van der Waals surface area contributed by atoms with E-state index in [9.17, 15) is 10.2 Å². The Hall–Kier alpha value is -0.160. The fourth-order valence-electron chi connectivity index (χ4n) is 3.87. The highest BCUT2D eigenvalue weighted by atomic mass is 16.7. The molecule has 0 amide bonds. The van der Waals surface area contributed by atoms with Crippen LogP contribution >= 0.6 is 0 Å². The summed E-state index contributed by atoms with van der Waals surface area (Å²) in [4.78, 5) is 0. The van der Waals surface area contributed by atoms with Gasteiger partial charge in [-0.2, -0.15) is 0 Å². The highest BCUT2D eigenvalue weighted by Crippen LogP contribution is 2.54. The molecule has 17 heavy (non-hydrogen) atoms. The lowest BCUT2D eigenvalue weighted by atomic mass is 9.57. The molecule has 3 atom stereocenters. The summed E-state index contributed by atoms with van der Waals surface area (Å²) < 4.78 is 11.5. The van der Waals surface area contributed by atoms with Crippen molar-refractivity contribution in [3.05, 3.63) is 0 Å². The van der Waals surface area contributed by atoms with Crippen LogP contribution in [0.25, 0.3) is 0 Å². The first-order valence-electron chi connectivity index (χ1n) is 6.42. The number of ether oxygens (including phenoxy) is 2. The van der Waals surface area contributed by atoms with Crippen molar-refractivity contribution in [2.24, 2.45) is 11.3 Å². The maximum absolute atomic E-state index is 10.8. The summed E-state index contributed by atoms with van der Waals surface area (Å²) in [6.45, 7) is 8.81. The summed E-state index contributed by atoms with van der Waals surface area (Å²) in [5, 5.41) is 20.8. The van der Waals surface area contributed by atoms with Crippen molar-refractivity contribution in [1.82, 2.24) is 0 Å². The lowest BCUT2D eigenvalue weighted by Crippen LogP contribution is -2.64. The molecule has 0 bridgehead atoms. The lowest BCUT2D eigenvalue weighted by Gasteiger charge is -2.56. The molecule has 3 unspecified atom stereocenters. The van der Waals surface area contributed by atoms with E-state index in [0.29, 0.717) is 26.1 Å². The molecule has 1 aliphatic heterocycles. The van der Waals surface area contributed by atoms with Crippen LogP contribution in [0, 0.1) is 11.3 Å². The van der Waals surface area contributed by atoms with Gasteiger partial charge in [0.2, 0.25) is 0 Å². The molecule has 4 heteroatoms. The smallest absolute Gasteiger partial charge is 0.169 e. The van der Waals surface area contributed by atoms with Crippen LogP contribution in [0.2, 0.25) is 0 Å². The monoisotopic (exact) mass is 244 g/mol. The van der Waals surface area contributed by atoms with Crippen molar-refractivity contribution in [3.8, 4) is 0 Å². The Labute approximate surface area is 103 Å². The fraction of sp³-hybridized carbons (Fsp3) is 1.00. The maximum Gasteiger partial charge on any atom is 0.169 e. The van der Waals surface area contributed by atoms with Gasteiger partial charge in [-0.25, -0.2) is 0 Å². The summed E-state index contributed by atoms with van der Waals surface area (Å²) in [5.41, 5.74) is -1.53. The SMILES string of the molecule is CC(O)C1(O)C(C)CC2(CC1(C)C)OCCO2. The third-order valence-corrected chi connectivity index (χ3v) is 4.61. The largest absolute Gasteiger partial charge is 0.390 e. The van der Waals surface area contributed by atoms with Crippen LogP contribution in [0.3, 0.4) is 0 Å². The zero-order valence-electron chi connectivity index (χ0n) is 11.2. The zero-order valence-corrected chi connectivity index (χ0v) is 11.2. The molecular formula is C13H24O4. The molecule has 2 aliphatic rings. The molecule has 1 saturated carbocycles. The van der Waals surface area contributed by atoms with Gasteiger partial charge in [-0.15, -0.1) is 0 Å². The van der Waals surface area contributed by atoms with Crippen molar-refractivity contribution in [2.45, 2.75) is 58.0 Å². The summed E-state index contributed by atoms with van der Waals surface area (Å²) in [7, 11) is 0. The Bertz CT molecular complexity index is 294. The van der Waals surface area contributed by atoms with Gasteiger partial charge in [0, 0.05) is 18.3 Å². The van der Waals surface area contributed by atoms with Crippen LogP contribution in [0.4, 0.5) is 0 Å².